The minimum absolute atomic E-state index is 0.265. The molecule has 0 atom stereocenters. The largest absolute Gasteiger partial charge is 0.308 e. The normalized spacial score (nSPS) is 11.4. The number of aromatic nitrogens is 6. The van der Waals surface area contributed by atoms with Gasteiger partial charge in [-0.3, -0.25) is 19.9 Å². The molecule has 0 unspecified atom stereocenters. The Hall–Kier alpha value is -12.3. The van der Waals surface area contributed by atoms with Crippen LogP contribution in [0.1, 0.15) is 5.56 Å². The van der Waals surface area contributed by atoms with E-state index in [0.717, 1.165) is 139 Å². The van der Waals surface area contributed by atoms with Crippen molar-refractivity contribution in [3.05, 3.63) is 315 Å². The van der Waals surface area contributed by atoms with E-state index >= 15 is 8.78 Å². The van der Waals surface area contributed by atoms with Crippen LogP contribution >= 0.6 is 0 Å². The molecule has 10 aromatic carbocycles. The Morgan fingerprint density at radius 2 is 0.567 bits per heavy atom. The van der Waals surface area contributed by atoms with Crippen LogP contribution in [0.4, 0.5) is 8.78 Å². The molecule has 6 aromatic heterocycles. The Morgan fingerprint density at radius 1 is 0.278 bits per heavy atom. The van der Waals surface area contributed by atoms with Crippen LogP contribution in [0.25, 0.3) is 156 Å². The van der Waals surface area contributed by atoms with Gasteiger partial charge < -0.3 is 9.13 Å². The number of fused-ring (bicyclic) bond motifs is 6. The number of benzene rings is 10. The standard InChI is InChI=1S/C81H49F2N7/c82-61-43-60(44-62(83)49-61)77-75(89-71-45-56(63-25-13-37-85-78(63)52-17-5-1-6-18-52)29-33-67(71)68-34-30-57(46-72(68)89)64-26-14-38-86-79(64)53-19-7-2-8-20-53)41-51(50-84)42-76(77)90-73-47-58(65-27-15-39-87-80(65)54-21-9-3-10-22-54)31-35-69(73)70-36-32-59(48-74(70)90)66-28-16-40-88-81(66)55-23-11-4-12-24-55/h1-49H. The zero-order chi connectivity index (χ0) is 60.2. The van der Waals surface area contributed by atoms with E-state index in [1.54, 1.807) is 0 Å². The molecule has 422 valence electrons. The molecule has 7 nitrogen and oxygen atoms in total. The molecule has 0 amide bonds. The highest BCUT2D eigenvalue weighted by atomic mass is 19.1. The van der Waals surface area contributed by atoms with Crippen molar-refractivity contribution in [3.63, 3.8) is 0 Å². The third-order valence-electron chi connectivity index (χ3n) is 17.1. The third kappa shape index (κ3) is 9.26. The average Bonchev–Trinajstić information content (AvgIpc) is 1.57. The van der Waals surface area contributed by atoms with Gasteiger partial charge in [-0.1, -0.05) is 194 Å². The van der Waals surface area contributed by atoms with Crippen molar-refractivity contribution >= 4 is 43.6 Å². The van der Waals surface area contributed by atoms with Crippen molar-refractivity contribution in [3.8, 4) is 118 Å². The van der Waals surface area contributed by atoms with Crippen molar-refractivity contribution in [1.82, 2.24) is 29.1 Å². The summed E-state index contributed by atoms with van der Waals surface area (Å²) in [5.41, 5.74) is 19.6. The highest BCUT2D eigenvalue weighted by Crippen LogP contribution is 2.47. The van der Waals surface area contributed by atoms with Crippen molar-refractivity contribution in [2.24, 2.45) is 0 Å². The molecule has 6 heterocycles. The number of rotatable bonds is 11. The molecule has 90 heavy (non-hydrogen) atoms. The summed E-state index contributed by atoms with van der Waals surface area (Å²) in [5, 5.41) is 15.3. The molecule has 0 saturated heterocycles. The minimum Gasteiger partial charge on any atom is -0.308 e. The highest BCUT2D eigenvalue weighted by molar-refractivity contribution is 6.15. The molecule has 0 radical (unpaired) electrons. The van der Waals surface area contributed by atoms with Gasteiger partial charge in [0.1, 0.15) is 11.6 Å². The lowest BCUT2D eigenvalue weighted by molar-refractivity contribution is 0.584. The quantitative estimate of drug-likeness (QED) is 0.129. The zero-order valence-corrected chi connectivity index (χ0v) is 48.2. The summed E-state index contributed by atoms with van der Waals surface area (Å²) in [4.78, 5) is 19.8. The Morgan fingerprint density at radius 3 is 0.844 bits per heavy atom. The van der Waals surface area contributed by atoms with Crippen LogP contribution in [-0.2, 0) is 0 Å². The first-order valence-electron chi connectivity index (χ1n) is 29.7. The van der Waals surface area contributed by atoms with Gasteiger partial charge in [-0.25, -0.2) is 8.78 Å². The van der Waals surface area contributed by atoms with Gasteiger partial charge in [-0.15, -0.1) is 0 Å². The monoisotopic (exact) mass is 1160 g/mol. The smallest absolute Gasteiger partial charge is 0.126 e. The van der Waals surface area contributed by atoms with Crippen LogP contribution in [0.15, 0.2) is 298 Å². The number of nitrogens with zero attached hydrogens (tertiary/aromatic N) is 7. The van der Waals surface area contributed by atoms with Gasteiger partial charge in [0.2, 0.25) is 0 Å². The van der Waals surface area contributed by atoms with E-state index in [-0.39, 0.29) is 5.56 Å². The topological polar surface area (TPSA) is 85.2 Å². The average molecular weight is 1160 g/mol. The number of pyridine rings is 4. The van der Waals surface area contributed by atoms with Gasteiger partial charge >= 0.3 is 0 Å². The summed E-state index contributed by atoms with van der Waals surface area (Å²) in [6.45, 7) is 0. The molecular weight excluding hydrogens is 1110 g/mol. The Kier molecular flexibility index (Phi) is 13.2. The Labute approximate surface area is 517 Å². The molecule has 0 bridgehead atoms. The molecule has 9 heteroatoms. The lowest BCUT2D eigenvalue weighted by Gasteiger charge is -2.22. The summed E-state index contributed by atoms with van der Waals surface area (Å²) in [6.07, 6.45) is 7.23. The second-order valence-corrected chi connectivity index (χ2v) is 22.3. The van der Waals surface area contributed by atoms with E-state index in [1.165, 1.54) is 12.1 Å². The summed E-state index contributed by atoms with van der Waals surface area (Å²) in [7, 11) is 0. The van der Waals surface area contributed by atoms with E-state index < -0.39 is 11.6 Å². The van der Waals surface area contributed by atoms with Crippen molar-refractivity contribution in [2.45, 2.75) is 0 Å². The first-order chi connectivity index (χ1) is 44.4. The van der Waals surface area contributed by atoms with Gasteiger partial charge in [0.05, 0.1) is 67.8 Å². The predicted molar refractivity (Wildman–Crippen MR) is 360 cm³/mol. The van der Waals surface area contributed by atoms with Gasteiger partial charge in [-0.05, 0) is 101 Å². The fourth-order valence-corrected chi connectivity index (χ4v) is 13.1. The molecule has 0 aliphatic rings. The molecular formula is C81H49F2N7. The van der Waals surface area contributed by atoms with Gasteiger partial charge in [0.25, 0.3) is 0 Å². The molecule has 0 saturated carbocycles. The highest BCUT2D eigenvalue weighted by Gasteiger charge is 2.27. The molecule has 0 N–H and O–H groups in total. The molecule has 0 aliphatic heterocycles. The van der Waals surface area contributed by atoms with Crippen LogP contribution in [-0.4, -0.2) is 29.1 Å². The summed E-state index contributed by atoms with van der Waals surface area (Å²) >= 11 is 0. The third-order valence-corrected chi connectivity index (χ3v) is 17.1. The van der Waals surface area contributed by atoms with E-state index in [0.29, 0.717) is 22.5 Å². The van der Waals surface area contributed by atoms with Gasteiger partial charge in [0.15, 0.2) is 0 Å². The number of nitriles is 1. The molecule has 16 rings (SSSR count). The number of hydrogen-bond donors (Lipinski definition) is 0. The van der Waals surface area contributed by atoms with Gasteiger partial charge in [-0.2, -0.15) is 5.26 Å². The van der Waals surface area contributed by atoms with Gasteiger partial charge in [0, 0.05) is 102 Å². The first kappa shape index (κ1) is 53.2. The Bertz CT molecular complexity index is 4910. The summed E-state index contributed by atoms with van der Waals surface area (Å²) < 4.78 is 37.5. The van der Waals surface area contributed by atoms with E-state index in [4.69, 9.17) is 19.9 Å². The van der Waals surface area contributed by atoms with E-state index in [2.05, 4.69) is 161 Å². The lowest BCUT2D eigenvalue weighted by atomic mass is 9.96. The fourth-order valence-electron chi connectivity index (χ4n) is 13.1. The second-order valence-electron chi connectivity index (χ2n) is 22.3. The van der Waals surface area contributed by atoms with E-state index in [1.807, 2.05) is 134 Å². The van der Waals surface area contributed by atoms with Crippen LogP contribution < -0.4 is 0 Å². The molecule has 0 fully saturated rings. The maximum Gasteiger partial charge on any atom is 0.126 e. The lowest BCUT2D eigenvalue weighted by Crippen LogP contribution is -2.06. The van der Waals surface area contributed by atoms with Crippen LogP contribution in [0, 0.1) is 23.0 Å². The van der Waals surface area contributed by atoms with Crippen molar-refractivity contribution in [2.75, 3.05) is 0 Å². The minimum atomic E-state index is -0.755. The Balaban J connectivity index is 1.05. The maximum absolute atomic E-state index is 16.6. The van der Waals surface area contributed by atoms with Crippen molar-refractivity contribution in [1.29, 1.82) is 5.26 Å². The first-order valence-corrected chi connectivity index (χ1v) is 29.7. The molecule has 0 aliphatic carbocycles. The summed E-state index contributed by atoms with van der Waals surface area (Å²) in [6, 6.07) is 92.3. The van der Waals surface area contributed by atoms with Crippen LogP contribution in [0.3, 0.4) is 0 Å². The fraction of sp³-hybridized carbons (Fsp3) is 0. The van der Waals surface area contributed by atoms with Crippen LogP contribution in [0.5, 0.6) is 0 Å². The predicted octanol–water partition coefficient (Wildman–Crippen LogP) is 20.6. The van der Waals surface area contributed by atoms with Crippen molar-refractivity contribution < 1.29 is 8.78 Å². The SMILES string of the molecule is N#Cc1cc(-n2c3cc(-c4cccnc4-c4ccccc4)ccc3c3ccc(-c4cccnc4-c4ccccc4)cc32)c(-c2cc(F)cc(F)c2)c(-n2c3cc(-c4cccnc4-c4ccccc4)ccc3c3ccc(-c4cccnc4-c4ccccc4)cc32)c1. The van der Waals surface area contributed by atoms with Crippen LogP contribution in [0.2, 0.25) is 0 Å². The zero-order valence-electron chi connectivity index (χ0n) is 48.2. The number of halogens is 2. The molecule has 16 aromatic rings. The maximum atomic E-state index is 16.6. The number of hydrogen-bond acceptors (Lipinski definition) is 5. The second kappa shape index (κ2) is 22.2. The summed E-state index contributed by atoms with van der Waals surface area (Å²) in [5.74, 6) is -1.51. The van der Waals surface area contributed by atoms with E-state index in [9.17, 15) is 5.26 Å². The molecule has 0 spiro atoms.